The summed E-state index contributed by atoms with van der Waals surface area (Å²) in [6.45, 7) is 7.99. The molecule has 1 N–H and O–H groups in total. The van der Waals surface area contributed by atoms with Gasteiger partial charge in [-0.25, -0.2) is 8.42 Å². The van der Waals surface area contributed by atoms with Crippen molar-refractivity contribution in [2.75, 3.05) is 23.7 Å². The largest absolute Gasteiger partial charge is 0.352 e. The molecule has 0 aromatic heterocycles. The van der Waals surface area contributed by atoms with E-state index in [9.17, 15) is 18.0 Å². The monoisotopic (exact) mass is 535 g/mol. The van der Waals surface area contributed by atoms with Gasteiger partial charge in [0.2, 0.25) is 21.8 Å². The van der Waals surface area contributed by atoms with Crippen LogP contribution in [0.2, 0.25) is 5.02 Å². The van der Waals surface area contributed by atoms with Crippen molar-refractivity contribution in [1.82, 2.24) is 10.2 Å². The minimum Gasteiger partial charge on any atom is -0.352 e. The number of hydrogen-bond donors (Lipinski definition) is 1. The molecular formula is C27H38ClN3O4S. The van der Waals surface area contributed by atoms with Crippen LogP contribution in [0.15, 0.2) is 48.5 Å². The molecule has 7 nitrogen and oxygen atoms in total. The minimum absolute atomic E-state index is 0.00952. The van der Waals surface area contributed by atoms with Gasteiger partial charge in [-0.15, -0.1) is 0 Å². The molecule has 2 aromatic carbocycles. The molecule has 9 heteroatoms. The fourth-order valence-corrected chi connectivity index (χ4v) is 5.05. The van der Waals surface area contributed by atoms with E-state index in [1.165, 1.54) is 4.31 Å². The van der Waals surface area contributed by atoms with E-state index in [2.05, 4.69) is 5.32 Å². The van der Waals surface area contributed by atoms with E-state index in [0.717, 1.165) is 23.8 Å². The van der Waals surface area contributed by atoms with Crippen LogP contribution in [-0.4, -0.2) is 56.6 Å². The molecule has 0 unspecified atom stereocenters. The molecule has 2 atom stereocenters. The fourth-order valence-electron chi connectivity index (χ4n) is 3.87. The molecule has 0 spiro atoms. The lowest BCUT2D eigenvalue weighted by molar-refractivity contribution is -0.140. The lowest BCUT2D eigenvalue weighted by Gasteiger charge is -2.30. The predicted octanol–water partition coefficient (Wildman–Crippen LogP) is 4.57. The van der Waals surface area contributed by atoms with E-state index in [-0.39, 0.29) is 30.8 Å². The van der Waals surface area contributed by atoms with Crippen LogP contribution >= 0.6 is 11.6 Å². The van der Waals surface area contributed by atoms with Crippen molar-refractivity contribution in [2.24, 2.45) is 0 Å². The number of hydrogen-bond acceptors (Lipinski definition) is 4. The van der Waals surface area contributed by atoms with Gasteiger partial charge in [-0.1, -0.05) is 54.9 Å². The van der Waals surface area contributed by atoms with Crippen LogP contribution in [0, 0.1) is 6.92 Å². The Kier molecular flexibility index (Phi) is 11.2. The summed E-state index contributed by atoms with van der Waals surface area (Å²) >= 11 is 6.11. The molecule has 0 saturated carbocycles. The first kappa shape index (κ1) is 29.6. The van der Waals surface area contributed by atoms with Crippen molar-refractivity contribution in [3.8, 4) is 0 Å². The molecule has 2 rings (SSSR count). The SMILES string of the molecule is CC[C@H](C)NC(=O)[C@@H](C)N(CCc1ccccc1)C(=O)CCCN(c1cc(Cl)ccc1C)S(C)(=O)=O. The first-order valence-electron chi connectivity index (χ1n) is 12.3. The predicted molar refractivity (Wildman–Crippen MR) is 147 cm³/mol. The lowest BCUT2D eigenvalue weighted by Crippen LogP contribution is -2.50. The lowest BCUT2D eigenvalue weighted by atomic mass is 10.1. The summed E-state index contributed by atoms with van der Waals surface area (Å²) in [5.74, 6) is -0.382. The van der Waals surface area contributed by atoms with E-state index >= 15 is 0 Å². The van der Waals surface area contributed by atoms with Crippen molar-refractivity contribution in [3.63, 3.8) is 0 Å². The number of nitrogens with zero attached hydrogens (tertiary/aromatic N) is 2. The summed E-state index contributed by atoms with van der Waals surface area (Å²) in [6, 6.07) is 14.3. The second-order valence-electron chi connectivity index (χ2n) is 9.19. The standard InChI is InChI=1S/C27H38ClN3O4S/c1-6-21(3)29-27(33)22(4)30(18-16-23-11-8-7-9-12-23)26(32)13-10-17-31(36(5,34)35)25-19-24(28)15-14-20(25)2/h7-9,11-12,14-15,19,21-22H,6,10,13,16-18H2,1-5H3,(H,29,33)/t21-,22+/m0/s1. The second-order valence-corrected chi connectivity index (χ2v) is 11.5. The van der Waals surface area contributed by atoms with Gasteiger partial charge in [-0.3, -0.25) is 13.9 Å². The average Bonchev–Trinajstić information content (AvgIpc) is 2.83. The van der Waals surface area contributed by atoms with Gasteiger partial charge >= 0.3 is 0 Å². The Morgan fingerprint density at radius 1 is 1.06 bits per heavy atom. The Bertz CT molecular complexity index is 1130. The molecule has 2 amide bonds. The number of rotatable bonds is 13. The van der Waals surface area contributed by atoms with E-state index < -0.39 is 16.1 Å². The number of nitrogens with one attached hydrogen (secondary N) is 1. The zero-order valence-corrected chi connectivity index (χ0v) is 23.4. The molecule has 0 radical (unpaired) electrons. The van der Waals surface area contributed by atoms with Crippen LogP contribution in [0.3, 0.4) is 0 Å². The summed E-state index contributed by atoms with van der Waals surface area (Å²) in [5.41, 5.74) is 2.35. The topological polar surface area (TPSA) is 86.8 Å². The highest BCUT2D eigenvalue weighted by Gasteiger charge is 2.27. The number of halogens is 1. The third kappa shape index (κ3) is 8.82. The highest BCUT2D eigenvalue weighted by Crippen LogP contribution is 2.26. The van der Waals surface area contributed by atoms with Gasteiger partial charge in [0.25, 0.3) is 0 Å². The van der Waals surface area contributed by atoms with Gasteiger partial charge in [-0.05, 0) is 63.3 Å². The Labute approximate surface area is 220 Å². The third-order valence-corrected chi connectivity index (χ3v) is 7.66. The maximum atomic E-state index is 13.3. The molecule has 0 aliphatic carbocycles. The number of carbonyl (C=O) groups excluding carboxylic acids is 2. The third-order valence-electron chi connectivity index (χ3n) is 6.24. The van der Waals surface area contributed by atoms with E-state index in [1.54, 1.807) is 30.0 Å². The van der Waals surface area contributed by atoms with Gasteiger partial charge < -0.3 is 10.2 Å². The number of benzene rings is 2. The first-order valence-corrected chi connectivity index (χ1v) is 14.5. The van der Waals surface area contributed by atoms with Crippen molar-refractivity contribution >= 4 is 39.1 Å². The zero-order chi connectivity index (χ0) is 26.9. The molecule has 0 fully saturated rings. The normalized spacial score (nSPS) is 13.1. The average molecular weight is 536 g/mol. The number of anilines is 1. The highest BCUT2D eigenvalue weighted by atomic mass is 35.5. The van der Waals surface area contributed by atoms with Crippen LogP contribution in [0.5, 0.6) is 0 Å². The summed E-state index contributed by atoms with van der Waals surface area (Å²) < 4.78 is 26.3. The smallest absolute Gasteiger partial charge is 0.242 e. The van der Waals surface area contributed by atoms with Gasteiger partial charge in [0.05, 0.1) is 11.9 Å². The Hall–Kier alpha value is -2.58. The molecule has 0 saturated heterocycles. The summed E-state index contributed by atoms with van der Waals surface area (Å²) in [5, 5.41) is 3.40. The number of carbonyl (C=O) groups is 2. The molecule has 198 valence electrons. The summed E-state index contributed by atoms with van der Waals surface area (Å²) in [7, 11) is -3.58. The Morgan fingerprint density at radius 3 is 2.33 bits per heavy atom. The molecular weight excluding hydrogens is 498 g/mol. The quantitative estimate of drug-likeness (QED) is 0.407. The maximum absolute atomic E-state index is 13.3. The van der Waals surface area contributed by atoms with Crippen molar-refractivity contribution in [3.05, 3.63) is 64.7 Å². The number of aryl methyl sites for hydroxylation is 1. The summed E-state index contributed by atoms with van der Waals surface area (Å²) in [4.78, 5) is 27.7. The van der Waals surface area contributed by atoms with Crippen LogP contribution in [0.25, 0.3) is 0 Å². The van der Waals surface area contributed by atoms with Gasteiger partial charge in [0.1, 0.15) is 6.04 Å². The molecule has 0 aliphatic heterocycles. The van der Waals surface area contributed by atoms with Gasteiger partial charge in [0, 0.05) is 30.6 Å². The molecule has 0 heterocycles. The van der Waals surface area contributed by atoms with Crippen LogP contribution < -0.4 is 9.62 Å². The zero-order valence-electron chi connectivity index (χ0n) is 21.8. The second kappa shape index (κ2) is 13.7. The van der Waals surface area contributed by atoms with E-state index in [4.69, 9.17) is 11.6 Å². The van der Waals surface area contributed by atoms with Gasteiger partial charge in [-0.2, -0.15) is 0 Å². The van der Waals surface area contributed by atoms with E-state index in [1.807, 2.05) is 51.1 Å². The van der Waals surface area contributed by atoms with Crippen LogP contribution in [0.1, 0.15) is 51.2 Å². The summed E-state index contributed by atoms with van der Waals surface area (Å²) in [6.07, 6.45) is 2.97. The van der Waals surface area contributed by atoms with Gasteiger partial charge in [0.15, 0.2) is 0 Å². The van der Waals surface area contributed by atoms with Crippen molar-refractivity contribution in [2.45, 2.75) is 65.5 Å². The van der Waals surface area contributed by atoms with Crippen LogP contribution in [-0.2, 0) is 26.0 Å². The molecule has 0 aliphatic rings. The first-order chi connectivity index (χ1) is 16.9. The van der Waals surface area contributed by atoms with E-state index in [0.29, 0.717) is 30.1 Å². The fraction of sp³-hybridized carbons (Fsp3) is 0.481. The van der Waals surface area contributed by atoms with Crippen molar-refractivity contribution in [1.29, 1.82) is 0 Å². The highest BCUT2D eigenvalue weighted by molar-refractivity contribution is 7.92. The minimum atomic E-state index is -3.58. The Balaban J connectivity index is 2.15. The number of sulfonamides is 1. The molecule has 36 heavy (non-hydrogen) atoms. The van der Waals surface area contributed by atoms with Crippen LogP contribution in [0.4, 0.5) is 5.69 Å². The number of amides is 2. The Morgan fingerprint density at radius 2 is 1.72 bits per heavy atom. The molecule has 0 bridgehead atoms. The maximum Gasteiger partial charge on any atom is 0.242 e. The molecule has 2 aromatic rings. The van der Waals surface area contributed by atoms with Crippen molar-refractivity contribution < 1.29 is 18.0 Å².